The average molecular weight is 346 g/mol. The third kappa shape index (κ3) is 4.68. The quantitative estimate of drug-likeness (QED) is 0.872. The van der Waals surface area contributed by atoms with E-state index in [1.165, 1.54) is 5.56 Å². The Morgan fingerprint density at radius 1 is 0.792 bits per heavy atom. The van der Waals surface area contributed by atoms with E-state index in [0.717, 1.165) is 17.5 Å². The maximum atomic E-state index is 11.3. The molecule has 24 heavy (non-hydrogen) atoms. The van der Waals surface area contributed by atoms with Crippen LogP contribution < -0.4 is 5.14 Å². The van der Waals surface area contributed by atoms with Crippen LogP contribution in [0, 0.1) is 5.41 Å². The first kappa shape index (κ1) is 18.7. The van der Waals surface area contributed by atoms with Crippen LogP contribution in [0.25, 0.3) is 11.1 Å². The van der Waals surface area contributed by atoms with Crippen molar-refractivity contribution in [2.45, 2.75) is 51.3 Å². The molecule has 130 valence electrons. The van der Waals surface area contributed by atoms with Crippen LogP contribution in [0.4, 0.5) is 0 Å². The van der Waals surface area contributed by atoms with E-state index in [1.54, 1.807) is 24.3 Å². The first-order valence-electron chi connectivity index (χ1n) is 8.12. The van der Waals surface area contributed by atoms with Gasteiger partial charge in [-0.25, -0.2) is 13.6 Å². The van der Waals surface area contributed by atoms with Crippen molar-refractivity contribution >= 4 is 10.0 Å². The minimum atomic E-state index is -3.65. The predicted molar refractivity (Wildman–Crippen MR) is 100 cm³/mol. The molecule has 0 spiro atoms. The predicted octanol–water partition coefficient (Wildman–Crippen LogP) is 4.71. The Bertz CT molecular complexity index is 796. The van der Waals surface area contributed by atoms with Crippen molar-refractivity contribution in [2.24, 2.45) is 10.6 Å². The molecule has 0 radical (unpaired) electrons. The van der Waals surface area contributed by atoms with Crippen molar-refractivity contribution < 1.29 is 8.42 Å². The maximum Gasteiger partial charge on any atom is 0.238 e. The van der Waals surface area contributed by atoms with Crippen molar-refractivity contribution in [2.75, 3.05) is 0 Å². The summed E-state index contributed by atoms with van der Waals surface area (Å²) in [5.41, 5.74) is 3.72. The molecule has 2 aromatic carbocycles. The molecular formula is C20H27NO2S. The van der Waals surface area contributed by atoms with Crippen molar-refractivity contribution in [3.63, 3.8) is 0 Å². The molecule has 0 aliphatic heterocycles. The Morgan fingerprint density at radius 3 is 1.58 bits per heavy atom. The van der Waals surface area contributed by atoms with Gasteiger partial charge in [-0.15, -0.1) is 0 Å². The first-order valence-corrected chi connectivity index (χ1v) is 9.67. The largest absolute Gasteiger partial charge is 0.238 e. The van der Waals surface area contributed by atoms with Crippen LogP contribution >= 0.6 is 0 Å². The number of sulfonamides is 1. The van der Waals surface area contributed by atoms with Gasteiger partial charge in [-0.2, -0.15) is 0 Å². The van der Waals surface area contributed by atoms with Gasteiger partial charge in [0.2, 0.25) is 10.0 Å². The third-order valence-electron chi connectivity index (χ3n) is 4.15. The van der Waals surface area contributed by atoms with Gasteiger partial charge in [-0.05, 0) is 46.1 Å². The Labute approximate surface area is 146 Å². The highest BCUT2D eigenvalue weighted by atomic mass is 32.2. The molecule has 0 aromatic heterocycles. The summed E-state index contributed by atoms with van der Waals surface area (Å²) in [6, 6.07) is 15.2. The number of hydrogen-bond acceptors (Lipinski definition) is 2. The summed E-state index contributed by atoms with van der Waals surface area (Å²) >= 11 is 0. The Hall–Kier alpha value is -1.65. The lowest BCUT2D eigenvalue weighted by Crippen LogP contribution is -2.24. The molecule has 0 saturated heterocycles. The number of benzene rings is 2. The second-order valence-corrected chi connectivity index (χ2v) is 9.83. The standard InChI is InChI=1S/C20H27NO2S/c1-19(2,3)14-20(4,5)17-10-6-15(7-11-17)16-8-12-18(13-9-16)24(21,22)23/h6-13H,14H2,1-5H3,(H2,21,22,23). The molecule has 2 N–H and O–H groups in total. The minimum absolute atomic E-state index is 0.105. The molecular weight excluding hydrogens is 318 g/mol. The molecule has 0 amide bonds. The molecule has 0 aliphatic carbocycles. The van der Waals surface area contributed by atoms with E-state index in [2.05, 4.69) is 58.9 Å². The van der Waals surface area contributed by atoms with Crippen LogP contribution in [0.5, 0.6) is 0 Å². The van der Waals surface area contributed by atoms with E-state index >= 15 is 0 Å². The molecule has 2 aromatic rings. The molecule has 0 bridgehead atoms. The van der Waals surface area contributed by atoms with Crippen molar-refractivity contribution in [3.05, 3.63) is 54.1 Å². The maximum absolute atomic E-state index is 11.3. The van der Waals surface area contributed by atoms with Gasteiger partial charge < -0.3 is 0 Å². The highest BCUT2D eigenvalue weighted by Gasteiger charge is 2.27. The summed E-state index contributed by atoms with van der Waals surface area (Å²) in [7, 11) is -3.65. The summed E-state index contributed by atoms with van der Waals surface area (Å²) in [6.07, 6.45) is 1.10. The zero-order valence-electron chi connectivity index (χ0n) is 15.1. The zero-order chi connectivity index (χ0) is 18.2. The fourth-order valence-corrected chi connectivity index (χ4v) is 3.89. The van der Waals surface area contributed by atoms with Crippen LogP contribution in [0.15, 0.2) is 53.4 Å². The molecule has 3 nitrogen and oxygen atoms in total. The highest BCUT2D eigenvalue weighted by Crippen LogP contribution is 2.36. The molecule has 0 atom stereocenters. The fraction of sp³-hybridized carbons (Fsp3) is 0.400. The van der Waals surface area contributed by atoms with E-state index < -0.39 is 10.0 Å². The van der Waals surface area contributed by atoms with Crippen LogP contribution in [0.2, 0.25) is 0 Å². The van der Waals surface area contributed by atoms with Gasteiger partial charge >= 0.3 is 0 Å². The lowest BCUT2D eigenvalue weighted by Gasteiger charge is -2.33. The van der Waals surface area contributed by atoms with E-state index in [9.17, 15) is 8.42 Å². The number of primary sulfonamides is 1. The Morgan fingerprint density at radius 2 is 1.21 bits per heavy atom. The van der Waals surface area contributed by atoms with Crippen LogP contribution in [0.1, 0.15) is 46.6 Å². The summed E-state index contributed by atoms with van der Waals surface area (Å²) < 4.78 is 22.7. The summed E-state index contributed by atoms with van der Waals surface area (Å²) in [6.45, 7) is 11.3. The monoisotopic (exact) mass is 345 g/mol. The van der Waals surface area contributed by atoms with Crippen molar-refractivity contribution in [1.29, 1.82) is 0 Å². The SMILES string of the molecule is CC(C)(C)CC(C)(C)c1ccc(-c2ccc(S(N)(=O)=O)cc2)cc1. The van der Waals surface area contributed by atoms with Gasteiger partial charge in [0.1, 0.15) is 0 Å². The molecule has 0 unspecified atom stereocenters. The molecule has 2 rings (SSSR count). The first-order chi connectivity index (χ1) is 10.9. The summed E-state index contributed by atoms with van der Waals surface area (Å²) in [5, 5.41) is 5.14. The van der Waals surface area contributed by atoms with E-state index in [4.69, 9.17) is 5.14 Å². The summed E-state index contributed by atoms with van der Waals surface area (Å²) in [5.74, 6) is 0. The van der Waals surface area contributed by atoms with Crippen molar-refractivity contribution in [1.82, 2.24) is 0 Å². The number of hydrogen-bond donors (Lipinski definition) is 1. The van der Waals surface area contributed by atoms with Crippen LogP contribution in [-0.2, 0) is 15.4 Å². The Balaban J connectivity index is 2.26. The van der Waals surface area contributed by atoms with Gasteiger partial charge in [0.05, 0.1) is 4.90 Å². The second-order valence-electron chi connectivity index (χ2n) is 8.27. The zero-order valence-corrected chi connectivity index (χ0v) is 15.9. The highest BCUT2D eigenvalue weighted by molar-refractivity contribution is 7.89. The van der Waals surface area contributed by atoms with E-state index in [0.29, 0.717) is 0 Å². The topological polar surface area (TPSA) is 60.2 Å². The van der Waals surface area contributed by atoms with E-state index in [1.807, 2.05) is 0 Å². The third-order valence-corrected chi connectivity index (χ3v) is 5.08. The van der Waals surface area contributed by atoms with E-state index in [-0.39, 0.29) is 15.7 Å². The Kier molecular flexibility index (Phi) is 4.93. The average Bonchev–Trinajstić information content (AvgIpc) is 2.44. The van der Waals surface area contributed by atoms with Crippen LogP contribution in [-0.4, -0.2) is 8.42 Å². The molecule has 0 aliphatic rings. The number of rotatable bonds is 4. The molecule has 0 fully saturated rings. The number of nitrogens with two attached hydrogens (primary N) is 1. The van der Waals surface area contributed by atoms with Gasteiger partial charge in [-0.1, -0.05) is 71.0 Å². The van der Waals surface area contributed by atoms with Gasteiger partial charge in [0.25, 0.3) is 0 Å². The van der Waals surface area contributed by atoms with Crippen molar-refractivity contribution in [3.8, 4) is 11.1 Å². The van der Waals surface area contributed by atoms with Crippen LogP contribution in [0.3, 0.4) is 0 Å². The smallest absolute Gasteiger partial charge is 0.225 e. The minimum Gasteiger partial charge on any atom is -0.225 e. The van der Waals surface area contributed by atoms with Gasteiger partial charge in [0, 0.05) is 0 Å². The van der Waals surface area contributed by atoms with Gasteiger partial charge in [0.15, 0.2) is 0 Å². The molecule has 4 heteroatoms. The second kappa shape index (κ2) is 6.34. The summed E-state index contributed by atoms with van der Waals surface area (Å²) in [4.78, 5) is 0.134. The fourth-order valence-electron chi connectivity index (χ4n) is 3.38. The van der Waals surface area contributed by atoms with Gasteiger partial charge in [-0.3, -0.25) is 0 Å². The molecule has 0 saturated carbocycles. The lowest BCUT2D eigenvalue weighted by atomic mass is 9.72. The lowest BCUT2D eigenvalue weighted by molar-refractivity contribution is 0.284. The normalized spacial score (nSPS) is 13.1. The molecule has 0 heterocycles.